The molecule has 1 saturated heterocycles. The van der Waals surface area contributed by atoms with Gasteiger partial charge in [0.05, 0.1) is 33.4 Å². The minimum absolute atomic E-state index is 0.0623. The summed E-state index contributed by atoms with van der Waals surface area (Å²) < 4.78 is 6.45. The number of carbonyl (C=O) groups is 1. The van der Waals surface area contributed by atoms with Crippen molar-refractivity contribution in [3.05, 3.63) is 64.9 Å². The Bertz CT molecular complexity index is 1200. The van der Waals surface area contributed by atoms with Gasteiger partial charge in [0, 0.05) is 6.54 Å². The van der Waals surface area contributed by atoms with Crippen molar-refractivity contribution in [2.75, 3.05) is 6.54 Å². The highest BCUT2D eigenvalue weighted by atomic mass is 32.1. The zero-order chi connectivity index (χ0) is 21.4. The van der Waals surface area contributed by atoms with Crippen LogP contribution < -0.4 is 5.73 Å². The maximum atomic E-state index is 13.7. The van der Waals surface area contributed by atoms with Crippen LogP contribution in [0, 0.1) is 6.92 Å². The number of rotatable bonds is 4. The zero-order valence-corrected chi connectivity index (χ0v) is 18.0. The first kappa shape index (κ1) is 19.8. The molecule has 0 saturated carbocycles. The summed E-state index contributed by atoms with van der Waals surface area (Å²) in [6.45, 7) is 2.43. The number of nitrogens with two attached hydrogens (primary N) is 1. The largest absolute Gasteiger partial charge is 0.334 e. The first-order valence-corrected chi connectivity index (χ1v) is 11.2. The molecule has 1 aliphatic heterocycles. The van der Waals surface area contributed by atoms with Crippen LogP contribution in [0.5, 0.6) is 0 Å². The average molecular weight is 434 g/mol. The predicted octanol–water partition coefficient (Wildman–Crippen LogP) is 4.35. The van der Waals surface area contributed by atoms with Crippen LogP contribution in [0.3, 0.4) is 0 Å². The lowest BCUT2D eigenvalue weighted by molar-refractivity contribution is 0.0575. The summed E-state index contributed by atoms with van der Waals surface area (Å²) in [7, 11) is 0. The molecule has 2 N–H and O–H groups in total. The van der Waals surface area contributed by atoms with Crippen molar-refractivity contribution in [2.45, 2.75) is 38.3 Å². The fourth-order valence-electron chi connectivity index (χ4n) is 4.20. The molecule has 0 aliphatic carbocycles. The van der Waals surface area contributed by atoms with Gasteiger partial charge < -0.3 is 15.2 Å². The topological polar surface area (TPSA) is 98.1 Å². The van der Waals surface area contributed by atoms with E-state index in [4.69, 9.17) is 15.2 Å². The van der Waals surface area contributed by atoms with Crippen LogP contribution in [0.1, 0.15) is 46.5 Å². The number of aromatic nitrogens is 3. The number of likely N-dealkylation sites (tertiary alicyclic amines) is 1. The quantitative estimate of drug-likeness (QED) is 0.514. The molecule has 2 atom stereocenters. The van der Waals surface area contributed by atoms with E-state index in [9.17, 15) is 4.79 Å². The molecular formula is C23H23N5O2S. The molecule has 1 fully saturated rings. The molecule has 0 bridgehead atoms. The Morgan fingerprint density at radius 3 is 2.77 bits per heavy atom. The number of piperidine rings is 1. The summed E-state index contributed by atoms with van der Waals surface area (Å²) in [4.78, 5) is 24.6. The lowest BCUT2D eigenvalue weighted by Crippen LogP contribution is -2.49. The van der Waals surface area contributed by atoms with Gasteiger partial charge >= 0.3 is 0 Å². The second-order valence-corrected chi connectivity index (χ2v) is 8.86. The number of hydrogen-bond donors (Lipinski definition) is 1. The van der Waals surface area contributed by atoms with E-state index in [-0.39, 0.29) is 18.0 Å². The van der Waals surface area contributed by atoms with Crippen LogP contribution in [-0.4, -0.2) is 38.5 Å². The zero-order valence-electron chi connectivity index (χ0n) is 17.2. The van der Waals surface area contributed by atoms with Crippen molar-refractivity contribution < 1.29 is 9.32 Å². The van der Waals surface area contributed by atoms with Gasteiger partial charge in [-0.2, -0.15) is 4.98 Å². The minimum atomic E-state index is -0.334. The number of para-hydroxylation sites is 1. The maximum absolute atomic E-state index is 13.7. The Kier molecular flexibility index (Phi) is 5.25. The van der Waals surface area contributed by atoms with Crippen LogP contribution in [0.15, 0.2) is 53.1 Å². The SMILES string of the molecule is Cc1noc(-c2ccccc2C(=O)N2CCCCC2C(N)c2nc3ccccc3s2)n1. The number of aryl methyl sites for hydroxylation is 1. The van der Waals surface area contributed by atoms with Crippen LogP contribution >= 0.6 is 11.3 Å². The molecule has 2 unspecified atom stereocenters. The molecule has 1 amide bonds. The smallest absolute Gasteiger partial charge is 0.258 e. The highest BCUT2D eigenvalue weighted by molar-refractivity contribution is 7.18. The lowest BCUT2D eigenvalue weighted by atomic mass is 9.94. The Balaban J connectivity index is 1.48. The first-order chi connectivity index (χ1) is 15.1. The van der Waals surface area contributed by atoms with Crippen molar-refractivity contribution in [3.63, 3.8) is 0 Å². The van der Waals surface area contributed by atoms with Crippen molar-refractivity contribution in [3.8, 4) is 11.5 Å². The van der Waals surface area contributed by atoms with Crippen molar-refractivity contribution in [1.82, 2.24) is 20.0 Å². The normalized spacial score (nSPS) is 17.7. The summed E-state index contributed by atoms with van der Waals surface area (Å²) in [5.74, 6) is 0.823. The van der Waals surface area contributed by atoms with Gasteiger partial charge in [-0.1, -0.05) is 29.4 Å². The van der Waals surface area contributed by atoms with Gasteiger partial charge in [0.2, 0.25) is 0 Å². The molecular weight excluding hydrogens is 410 g/mol. The van der Waals surface area contributed by atoms with E-state index < -0.39 is 0 Å². The lowest BCUT2D eigenvalue weighted by Gasteiger charge is -2.38. The number of fused-ring (bicyclic) bond motifs is 1. The maximum Gasteiger partial charge on any atom is 0.258 e. The number of amides is 1. The summed E-state index contributed by atoms with van der Waals surface area (Å²) >= 11 is 1.60. The molecule has 31 heavy (non-hydrogen) atoms. The molecule has 8 heteroatoms. The number of nitrogens with zero attached hydrogens (tertiary/aromatic N) is 4. The Morgan fingerprint density at radius 1 is 1.16 bits per heavy atom. The second kappa shape index (κ2) is 8.20. The third kappa shape index (κ3) is 3.73. The molecule has 1 aliphatic rings. The summed E-state index contributed by atoms with van der Waals surface area (Å²) in [5.41, 5.74) is 8.85. The Morgan fingerprint density at radius 2 is 1.97 bits per heavy atom. The summed E-state index contributed by atoms with van der Waals surface area (Å²) in [6, 6.07) is 15.0. The van der Waals surface area contributed by atoms with E-state index >= 15 is 0 Å². The molecule has 2 aromatic heterocycles. The average Bonchev–Trinajstić information content (AvgIpc) is 3.44. The van der Waals surface area contributed by atoms with E-state index in [1.54, 1.807) is 18.3 Å². The van der Waals surface area contributed by atoms with Gasteiger partial charge in [0.15, 0.2) is 5.82 Å². The van der Waals surface area contributed by atoms with Gasteiger partial charge in [-0.05, 0) is 50.5 Å². The highest BCUT2D eigenvalue weighted by Gasteiger charge is 2.35. The first-order valence-electron chi connectivity index (χ1n) is 10.4. The van der Waals surface area contributed by atoms with E-state index in [2.05, 4.69) is 16.2 Å². The van der Waals surface area contributed by atoms with Gasteiger partial charge in [0.25, 0.3) is 11.8 Å². The van der Waals surface area contributed by atoms with Crippen molar-refractivity contribution in [2.24, 2.45) is 5.73 Å². The fourth-order valence-corrected chi connectivity index (χ4v) is 5.22. The predicted molar refractivity (Wildman–Crippen MR) is 120 cm³/mol. The monoisotopic (exact) mass is 433 g/mol. The fraction of sp³-hybridized carbons (Fsp3) is 0.304. The third-order valence-corrected chi connectivity index (χ3v) is 6.87. The number of hydrogen-bond acceptors (Lipinski definition) is 7. The summed E-state index contributed by atoms with van der Waals surface area (Å²) in [6.07, 6.45) is 2.85. The van der Waals surface area contributed by atoms with Crippen LogP contribution in [0.2, 0.25) is 0 Å². The summed E-state index contributed by atoms with van der Waals surface area (Å²) in [5, 5.41) is 4.74. The van der Waals surface area contributed by atoms with Gasteiger partial charge in [-0.25, -0.2) is 4.98 Å². The van der Waals surface area contributed by atoms with Gasteiger partial charge in [0.1, 0.15) is 5.01 Å². The van der Waals surface area contributed by atoms with E-state index in [1.165, 1.54) is 0 Å². The van der Waals surface area contributed by atoms with Gasteiger partial charge in [-0.3, -0.25) is 4.79 Å². The van der Waals surface area contributed by atoms with Gasteiger partial charge in [-0.15, -0.1) is 11.3 Å². The standard InChI is InChI=1S/C23H23N5O2S/c1-14-25-21(30-27-14)15-8-2-3-9-16(15)23(29)28-13-7-6-11-18(28)20(24)22-26-17-10-4-5-12-19(17)31-22/h2-5,8-10,12,18,20H,6-7,11,13,24H2,1H3. The van der Waals surface area contributed by atoms with Crippen molar-refractivity contribution in [1.29, 1.82) is 0 Å². The number of thiazole rings is 1. The van der Waals surface area contributed by atoms with Crippen molar-refractivity contribution >= 4 is 27.5 Å². The molecule has 3 heterocycles. The van der Waals surface area contributed by atoms with E-state index in [0.29, 0.717) is 29.4 Å². The Hall–Kier alpha value is -3.10. The number of benzene rings is 2. The number of carbonyl (C=O) groups excluding carboxylic acids is 1. The minimum Gasteiger partial charge on any atom is -0.334 e. The second-order valence-electron chi connectivity index (χ2n) is 7.80. The molecule has 2 aromatic carbocycles. The van der Waals surface area contributed by atoms with Crippen LogP contribution in [0.25, 0.3) is 21.7 Å². The van der Waals surface area contributed by atoms with Crippen LogP contribution in [-0.2, 0) is 0 Å². The molecule has 0 spiro atoms. The highest BCUT2D eigenvalue weighted by Crippen LogP contribution is 2.34. The molecule has 0 radical (unpaired) electrons. The molecule has 4 aromatic rings. The molecule has 7 nitrogen and oxygen atoms in total. The molecule has 5 rings (SSSR count). The molecule has 158 valence electrons. The van der Waals surface area contributed by atoms with E-state index in [0.717, 1.165) is 34.5 Å². The Labute approximate surface area is 183 Å². The van der Waals surface area contributed by atoms with E-state index in [1.807, 2.05) is 47.4 Å². The van der Waals surface area contributed by atoms with Crippen LogP contribution in [0.4, 0.5) is 0 Å². The third-order valence-electron chi connectivity index (χ3n) is 5.74.